The first kappa shape index (κ1) is 19.7. The molecular weight excluding hydrogens is 346 g/mol. The number of benzene rings is 2. The van der Waals surface area contributed by atoms with E-state index in [0.717, 1.165) is 5.69 Å². The number of carbonyl (C=O) groups is 3. The first-order valence-corrected chi connectivity index (χ1v) is 8.22. The van der Waals surface area contributed by atoms with Crippen LogP contribution in [-0.2, 0) is 9.59 Å². The van der Waals surface area contributed by atoms with Crippen molar-refractivity contribution in [2.45, 2.75) is 0 Å². The van der Waals surface area contributed by atoms with Crippen LogP contribution in [0.3, 0.4) is 0 Å². The normalized spacial score (nSPS) is 10.8. The summed E-state index contributed by atoms with van der Waals surface area (Å²) >= 11 is 0. The lowest BCUT2D eigenvalue weighted by atomic mass is 10.1. The van der Waals surface area contributed by atoms with E-state index in [4.69, 9.17) is 5.11 Å². The van der Waals surface area contributed by atoms with Gasteiger partial charge in [0.05, 0.1) is 0 Å². The van der Waals surface area contributed by atoms with Gasteiger partial charge in [-0.25, -0.2) is 0 Å². The molecule has 0 saturated heterocycles. The maximum atomic E-state index is 12.4. The fourth-order valence-corrected chi connectivity index (χ4v) is 2.23. The van der Waals surface area contributed by atoms with Gasteiger partial charge in [0.15, 0.2) is 0 Å². The van der Waals surface area contributed by atoms with Crippen molar-refractivity contribution >= 4 is 29.5 Å². The maximum absolute atomic E-state index is 12.4. The first-order valence-electron chi connectivity index (χ1n) is 8.22. The van der Waals surface area contributed by atoms with Gasteiger partial charge in [0.2, 0.25) is 0 Å². The second kappa shape index (κ2) is 9.19. The molecule has 0 unspecified atom stereocenters. The molecule has 0 aliphatic carbocycles. The minimum absolute atomic E-state index is 0.0392. The van der Waals surface area contributed by atoms with Crippen LogP contribution in [0.25, 0.3) is 6.08 Å². The lowest BCUT2D eigenvalue weighted by Gasteiger charge is -2.13. The fourth-order valence-electron chi connectivity index (χ4n) is 2.23. The van der Waals surface area contributed by atoms with Gasteiger partial charge < -0.3 is 20.6 Å². The number of hydrogen-bond donors (Lipinski definition) is 3. The van der Waals surface area contributed by atoms with Crippen LogP contribution < -0.4 is 15.5 Å². The lowest BCUT2D eigenvalue weighted by Crippen LogP contribution is -2.37. The van der Waals surface area contributed by atoms with Crippen LogP contribution in [0, 0.1) is 0 Å². The van der Waals surface area contributed by atoms with Gasteiger partial charge in [-0.3, -0.25) is 14.4 Å². The standard InChI is InChI=1S/C20H21N3O4/c1-23(2)16-10-8-14(9-11-16)12-17(20(27)21-13-18(24)25)22-19(26)15-6-4-3-5-7-15/h3-12H,13H2,1-2H3,(H,21,27)(H,22,26)(H,24,25). The second-order valence-electron chi connectivity index (χ2n) is 5.94. The highest BCUT2D eigenvalue weighted by Gasteiger charge is 2.15. The average molecular weight is 367 g/mol. The number of nitrogens with zero attached hydrogens (tertiary/aromatic N) is 1. The Morgan fingerprint density at radius 3 is 2.19 bits per heavy atom. The third-order valence-electron chi connectivity index (χ3n) is 3.65. The van der Waals surface area contributed by atoms with Gasteiger partial charge in [-0.1, -0.05) is 30.3 Å². The van der Waals surface area contributed by atoms with Crippen LogP contribution in [0.4, 0.5) is 5.69 Å². The number of nitrogens with one attached hydrogen (secondary N) is 2. The molecule has 0 bridgehead atoms. The minimum Gasteiger partial charge on any atom is -0.480 e. The van der Waals surface area contributed by atoms with E-state index in [9.17, 15) is 14.4 Å². The Balaban J connectivity index is 2.26. The van der Waals surface area contributed by atoms with Crippen molar-refractivity contribution in [2.75, 3.05) is 25.5 Å². The Hall–Kier alpha value is -3.61. The Morgan fingerprint density at radius 1 is 1.00 bits per heavy atom. The highest BCUT2D eigenvalue weighted by molar-refractivity contribution is 6.05. The molecule has 7 heteroatoms. The van der Waals surface area contributed by atoms with E-state index >= 15 is 0 Å². The predicted octanol–water partition coefficient (Wildman–Crippen LogP) is 1.72. The van der Waals surface area contributed by atoms with E-state index < -0.39 is 24.3 Å². The van der Waals surface area contributed by atoms with Gasteiger partial charge in [0.1, 0.15) is 12.2 Å². The summed E-state index contributed by atoms with van der Waals surface area (Å²) in [5.74, 6) is -2.32. The molecule has 0 fully saturated rings. The summed E-state index contributed by atoms with van der Waals surface area (Å²) in [6.45, 7) is -0.545. The van der Waals surface area contributed by atoms with Crippen LogP contribution in [-0.4, -0.2) is 43.5 Å². The number of carbonyl (C=O) groups excluding carboxylic acids is 2. The molecule has 0 saturated carbocycles. The van der Waals surface area contributed by atoms with Crippen LogP contribution in [0.5, 0.6) is 0 Å². The van der Waals surface area contributed by atoms with Gasteiger partial charge in [0, 0.05) is 25.3 Å². The van der Waals surface area contributed by atoms with E-state index in [-0.39, 0.29) is 5.70 Å². The van der Waals surface area contributed by atoms with Gasteiger partial charge >= 0.3 is 5.97 Å². The molecule has 0 aliphatic rings. The van der Waals surface area contributed by atoms with Crippen LogP contribution in [0.15, 0.2) is 60.3 Å². The van der Waals surface area contributed by atoms with Crippen LogP contribution >= 0.6 is 0 Å². The zero-order valence-corrected chi connectivity index (χ0v) is 15.1. The summed E-state index contributed by atoms with van der Waals surface area (Å²) in [5.41, 5.74) is 2.02. The molecule has 0 spiro atoms. The summed E-state index contributed by atoms with van der Waals surface area (Å²) < 4.78 is 0. The number of carboxylic acids is 1. The minimum atomic E-state index is -1.17. The molecule has 0 atom stereocenters. The van der Waals surface area contributed by atoms with Crippen molar-refractivity contribution in [3.63, 3.8) is 0 Å². The molecule has 0 radical (unpaired) electrons. The van der Waals surface area contributed by atoms with Crippen LogP contribution in [0.1, 0.15) is 15.9 Å². The fraction of sp³-hybridized carbons (Fsp3) is 0.150. The highest BCUT2D eigenvalue weighted by Crippen LogP contribution is 2.14. The lowest BCUT2D eigenvalue weighted by molar-refractivity contribution is -0.137. The van der Waals surface area contributed by atoms with Crippen molar-refractivity contribution in [3.8, 4) is 0 Å². The number of rotatable bonds is 7. The molecular formula is C20H21N3O4. The first-order chi connectivity index (χ1) is 12.9. The van der Waals surface area contributed by atoms with Crippen molar-refractivity contribution < 1.29 is 19.5 Å². The number of carboxylic acid groups (broad SMARTS) is 1. The van der Waals surface area contributed by atoms with E-state index in [1.54, 1.807) is 42.5 Å². The van der Waals surface area contributed by atoms with Gasteiger partial charge in [-0.2, -0.15) is 0 Å². The molecule has 3 N–H and O–H groups in total. The molecule has 0 aromatic heterocycles. The molecule has 27 heavy (non-hydrogen) atoms. The molecule has 0 aliphatic heterocycles. The summed E-state index contributed by atoms with van der Waals surface area (Å²) in [4.78, 5) is 37.3. The molecule has 2 rings (SSSR count). The summed E-state index contributed by atoms with van der Waals surface area (Å²) in [6.07, 6.45) is 1.50. The summed E-state index contributed by atoms with van der Waals surface area (Å²) in [7, 11) is 3.82. The number of anilines is 1. The van der Waals surface area contributed by atoms with Crippen molar-refractivity contribution in [1.29, 1.82) is 0 Å². The SMILES string of the molecule is CN(C)c1ccc(C=C(NC(=O)c2ccccc2)C(=O)NCC(=O)O)cc1. The molecule has 0 heterocycles. The average Bonchev–Trinajstić information content (AvgIpc) is 2.66. The molecule has 2 aromatic carbocycles. The zero-order chi connectivity index (χ0) is 19.8. The molecule has 2 aromatic rings. The van der Waals surface area contributed by atoms with Gasteiger partial charge in [-0.05, 0) is 35.9 Å². The second-order valence-corrected chi connectivity index (χ2v) is 5.94. The van der Waals surface area contributed by atoms with E-state index in [2.05, 4.69) is 10.6 Å². The zero-order valence-electron chi connectivity index (χ0n) is 15.1. The Morgan fingerprint density at radius 2 is 1.63 bits per heavy atom. The monoisotopic (exact) mass is 367 g/mol. The van der Waals surface area contributed by atoms with E-state index in [1.165, 1.54) is 6.08 Å². The van der Waals surface area contributed by atoms with Crippen molar-refractivity contribution in [3.05, 3.63) is 71.4 Å². The maximum Gasteiger partial charge on any atom is 0.322 e. The Kier molecular flexibility index (Phi) is 6.71. The van der Waals surface area contributed by atoms with Crippen LogP contribution in [0.2, 0.25) is 0 Å². The van der Waals surface area contributed by atoms with E-state index in [1.807, 2.05) is 31.1 Å². The predicted molar refractivity (Wildman–Crippen MR) is 103 cm³/mol. The topological polar surface area (TPSA) is 98.7 Å². The third kappa shape index (κ3) is 6.00. The summed E-state index contributed by atoms with van der Waals surface area (Å²) in [6, 6.07) is 15.8. The Bertz CT molecular complexity index is 843. The molecule has 2 amide bonds. The third-order valence-corrected chi connectivity index (χ3v) is 3.65. The smallest absolute Gasteiger partial charge is 0.322 e. The van der Waals surface area contributed by atoms with Gasteiger partial charge in [-0.15, -0.1) is 0 Å². The van der Waals surface area contributed by atoms with E-state index in [0.29, 0.717) is 11.1 Å². The largest absolute Gasteiger partial charge is 0.480 e. The van der Waals surface area contributed by atoms with Crippen molar-refractivity contribution in [2.24, 2.45) is 0 Å². The van der Waals surface area contributed by atoms with Crippen molar-refractivity contribution in [1.82, 2.24) is 10.6 Å². The molecule has 7 nitrogen and oxygen atoms in total. The quantitative estimate of drug-likeness (QED) is 0.647. The molecule has 140 valence electrons. The number of amides is 2. The summed E-state index contributed by atoms with van der Waals surface area (Å²) in [5, 5.41) is 13.6. The Labute approximate surface area is 157 Å². The number of aliphatic carboxylic acids is 1. The number of hydrogen-bond acceptors (Lipinski definition) is 4. The highest BCUT2D eigenvalue weighted by atomic mass is 16.4. The van der Waals surface area contributed by atoms with Gasteiger partial charge in [0.25, 0.3) is 11.8 Å².